The molecule has 0 heterocycles. The first-order valence-corrected chi connectivity index (χ1v) is 8.18. The lowest BCUT2D eigenvalue weighted by Crippen LogP contribution is -2.36. The minimum Gasteiger partial charge on any atom is -0.489 e. The van der Waals surface area contributed by atoms with Crippen molar-refractivity contribution in [1.29, 1.82) is 0 Å². The van der Waals surface area contributed by atoms with Crippen LogP contribution in [-0.4, -0.2) is 18.7 Å². The summed E-state index contributed by atoms with van der Waals surface area (Å²) in [5, 5.41) is 3.57. The molecule has 0 aromatic heterocycles. The van der Waals surface area contributed by atoms with E-state index in [1.165, 1.54) is 37.7 Å². The standard InChI is InChI=1S/C18H29NO/c1-4-5-6-15-7-11-17(12-8-15)20-18(14(2)3)13-19-16-9-10-16/h7-8,11-12,14,16,18-19H,4-6,9-10,13H2,1-3H3. The van der Waals surface area contributed by atoms with Crippen LogP contribution in [0.2, 0.25) is 0 Å². The van der Waals surface area contributed by atoms with Crippen LogP contribution in [0.1, 0.15) is 52.0 Å². The van der Waals surface area contributed by atoms with E-state index in [1.807, 2.05) is 0 Å². The summed E-state index contributed by atoms with van der Waals surface area (Å²) in [6.07, 6.45) is 6.61. The summed E-state index contributed by atoms with van der Waals surface area (Å²) in [5.74, 6) is 1.53. The molecule has 112 valence electrons. The monoisotopic (exact) mass is 275 g/mol. The summed E-state index contributed by atoms with van der Waals surface area (Å²) in [5.41, 5.74) is 1.41. The predicted molar refractivity (Wildman–Crippen MR) is 85.3 cm³/mol. The summed E-state index contributed by atoms with van der Waals surface area (Å²) >= 11 is 0. The average molecular weight is 275 g/mol. The van der Waals surface area contributed by atoms with E-state index >= 15 is 0 Å². The van der Waals surface area contributed by atoms with E-state index in [0.29, 0.717) is 5.92 Å². The fourth-order valence-electron chi connectivity index (χ4n) is 2.27. The van der Waals surface area contributed by atoms with Gasteiger partial charge in [0, 0.05) is 12.6 Å². The highest BCUT2D eigenvalue weighted by molar-refractivity contribution is 5.27. The van der Waals surface area contributed by atoms with Crippen molar-refractivity contribution in [2.75, 3.05) is 6.54 Å². The van der Waals surface area contributed by atoms with Crippen molar-refractivity contribution in [2.24, 2.45) is 5.92 Å². The van der Waals surface area contributed by atoms with Crippen molar-refractivity contribution < 1.29 is 4.74 Å². The van der Waals surface area contributed by atoms with Gasteiger partial charge >= 0.3 is 0 Å². The lowest BCUT2D eigenvalue weighted by atomic mass is 10.1. The molecule has 0 radical (unpaired) electrons. The van der Waals surface area contributed by atoms with Gasteiger partial charge in [-0.15, -0.1) is 0 Å². The zero-order chi connectivity index (χ0) is 14.4. The quantitative estimate of drug-likeness (QED) is 0.730. The Bertz CT molecular complexity index is 381. The predicted octanol–water partition coefficient (Wildman–Crippen LogP) is 4.18. The van der Waals surface area contributed by atoms with Crippen LogP contribution in [0, 0.1) is 5.92 Å². The second-order valence-electron chi connectivity index (χ2n) is 6.33. The SMILES string of the molecule is CCCCc1ccc(OC(CNC2CC2)C(C)C)cc1. The summed E-state index contributed by atoms with van der Waals surface area (Å²) < 4.78 is 6.15. The van der Waals surface area contributed by atoms with Crippen LogP contribution in [0.15, 0.2) is 24.3 Å². The molecule has 20 heavy (non-hydrogen) atoms. The first kappa shape index (κ1) is 15.4. The molecule has 1 atom stereocenters. The van der Waals surface area contributed by atoms with Gasteiger partial charge in [0.25, 0.3) is 0 Å². The lowest BCUT2D eigenvalue weighted by Gasteiger charge is -2.23. The van der Waals surface area contributed by atoms with Gasteiger partial charge in [-0.25, -0.2) is 0 Å². The van der Waals surface area contributed by atoms with E-state index in [2.05, 4.69) is 50.4 Å². The Morgan fingerprint density at radius 2 is 1.90 bits per heavy atom. The largest absolute Gasteiger partial charge is 0.489 e. The van der Waals surface area contributed by atoms with Crippen LogP contribution in [0.5, 0.6) is 5.75 Å². The van der Waals surface area contributed by atoms with Gasteiger partial charge in [0.1, 0.15) is 11.9 Å². The Morgan fingerprint density at radius 3 is 2.45 bits per heavy atom. The topological polar surface area (TPSA) is 21.3 Å². The highest BCUT2D eigenvalue weighted by Gasteiger charge is 2.23. The second kappa shape index (κ2) is 7.68. The Hall–Kier alpha value is -1.02. The molecule has 1 aliphatic rings. The van der Waals surface area contributed by atoms with Crippen LogP contribution in [0.3, 0.4) is 0 Å². The Kier molecular flexibility index (Phi) is 5.90. The average Bonchev–Trinajstić information content (AvgIpc) is 3.26. The third-order valence-electron chi connectivity index (χ3n) is 3.96. The molecule has 1 aromatic carbocycles. The summed E-state index contributed by atoms with van der Waals surface area (Å²) in [4.78, 5) is 0. The molecule has 0 aliphatic heterocycles. The number of ether oxygens (including phenoxy) is 1. The van der Waals surface area contributed by atoms with E-state index in [-0.39, 0.29) is 6.10 Å². The molecular formula is C18H29NO. The Balaban J connectivity index is 1.84. The van der Waals surface area contributed by atoms with Crippen LogP contribution in [0.25, 0.3) is 0 Å². The molecule has 1 aromatic rings. The van der Waals surface area contributed by atoms with E-state index in [0.717, 1.165) is 18.3 Å². The van der Waals surface area contributed by atoms with Crippen molar-refractivity contribution in [3.8, 4) is 5.75 Å². The summed E-state index contributed by atoms with van der Waals surface area (Å²) in [7, 11) is 0. The molecule has 1 unspecified atom stereocenters. The van der Waals surface area contributed by atoms with Crippen molar-refractivity contribution in [2.45, 2.75) is 65.0 Å². The third kappa shape index (κ3) is 5.16. The lowest BCUT2D eigenvalue weighted by molar-refractivity contribution is 0.148. The van der Waals surface area contributed by atoms with Crippen LogP contribution >= 0.6 is 0 Å². The number of nitrogens with one attached hydrogen (secondary N) is 1. The molecule has 2 nitrogen and oxygen atoms in total. The minimum atomic E-state index is 0.261. The summed E-state index contributed by atoms with van der Waals surface area (Å²) in [6.45, 7) is 7.65. The van der Waals surface area contributed by atoms with Crippen molar-refractivity contribution >= 4 is 0 Å². The number of unbranched alkanes of at least 4 members (excludes halogenated alkanes) is 1. The molecule has 0 spiro atoms. The van der Waals surface area contributed by atoms with Crippen molar-refractivity contribution in [3.05, 3.63) is 29.8 Å². The molecule has 1 aliphatic carbocycles. The molecule has 1 saturated carbocycles. The maximum Gasteiger partial charge on any atom is 0.119 e. The number of hydrogen-bond donors (Lipinski definition) is 1. The summed E-state index contributed by atoms with van der Waals surface area (Å²) in [6, 6.07) is 9.40. The molecular weight excluding hydrogens is 246 g/mol. The minimum absolute atomic E-state index is 0.261. The molecule has 0 saturated heterocycles. The number of hydrogen-bond acceptors (Lipinski definition) is 2. The molecule has 2 heteroatoms. The van der Waals surface area contributed by atoms with Gasteiger partial charge < -0.3 is 10.1 Å². The highest BCUT2D eigenvalue weighted by Crippen LogP contribution is 2.21. The normalized spacial score (nSPS) is 16.4. The van der Waals surface area contributed by atoms with Gasteiger partial charge in [-0.05, 0) is 49.3 Å². The first-order valence-electron chi connectivity index (χ1n) is 8.18. The Morgan fingerprint density at radius 1 is 1.20 bits per heavy atom. The van der Waals surface area contributed by atoms with Crippen molar-refractivity contribution in [3.63, 3.8) is 0 Å². The third-order valence-corrected chi connectivity index (χ3v) is 3.96. The van der Waals surface area contributed by atoms with Crippen LogP contribution < -0.4 is 10.1 Å². The smallest absolute Gasteiger partial charge is 0.119 e. The fraction of sp³-hybridized carbons (Fsp3) is 0.667. The van der Waals surface area contributed by atoms with E-state index in [1.54, 1.807) is 0 Å². The van der Waals surface area contributed by atoms with Gasteiger partial charge in [-0.1, -0.05) is 39.3 Å². The maximum absolute atomic E-state index is 6.15. The fourth-order valence-corrected chi connectivity index (χ4v) is 2.27. The van der Waals surface area contributed by atoms with Gasteiger partial charge in [0.2, 0.25) is 0 Å². The number of aryl methyl sites for hydroxylation is 1. The van der Waals surface area contributed by atoms with E-state index in [9.17, 15) is 0 Å². The second-order valence-corrected chi connectivity index (χ2v) is 6.33. The van der Waals surface area contributed by atoms with Crippen LogP contribution in [0.4, 0.5) is 0 Å². The molecule has 2 rings (SSSR count). The molecule has 0 bridgehead atoms. The number of rotatable bonds is 9. The maximum atomic E-state index is 6.15. The number of benzene rings is 1. The van der Waals surface area contributed by atoms with Crippen molar-refractivity contribution in [1.82, 2.24) is 5.32 Å². The van der Waals surface area contributed by atoms with Gasteiger partial charge in [-0.3, -0.25) is 0 Å². The van der Waals surface area contributed by atoms with Gasteiger partial charge in [0.05, 0.1) is 0 Å². The van der Waals surface area contributed by atoms with E-state index in [4.69, 9.17) is 4.74 Å². The first-order chi connectivity index (χ1) is 9.69. The molecule has 1 fully saturated rings. The highest BCUT2D eigenvalue weighted by atomic mass is 16.5. The van der Waals surface area contributed by atoms with Crippen LogP contribution in [-0.2, 0) is 6.42 Å². The van der Waals surface area contributed by atoms with Gasteiger partial charge in [-0.2, -0.15) is 0 Å². The molecule has 0 amide bonds. The zero-order valence-corrected chi connectivity index (χ0v) is 13.2. The zero-order valence-electron chi connectivity index (χ0n) is 13.2. The van der Waals surface area contributed by atoms with E-state index < -0.39 is 0 Å². The van der Waals surface area contributed by atoms with Gasteiger partial charge in [0.15, 0.2) is 0 Å². The Labute approximate surface area is 123 Å². The molecule has 1 N–H and O–H groups in total.